The van der Waals surface area contributed by atoms with Gasteiger partial charge in [-0.15, -0.1) is 0 Å². The third-order valence-electron chi connectivity index (χ3n) is 8.20. The molecule has 0 aromatic heterocycles. The number of likely N-dealkylation sites (N-methyl/N-ethyl adjacent to an activating group) is 1. The molecule has 33 heavy (non-hydrogen) atoms. The lowest BCUT2D eigenvalue weighted by molar-refractivity contribution is -0.138. The normalized spacial score (nSPS) is 28.8. The number of carboxylic acid groups (broad SMARTS) is 1. The summed E-state index contributed by atoms with van der Waals surface area (Å²) in [6, 6.07) is 15.1. The van der Waals surface area contributed by atoms with Crippen molar-refractivity contribution in [1.29, 1.82) is 0 Å². The number of hydrogen-bond donors (Lipinski definition) is 1. The third kappa shape index (κ3) is 4.93. The maximum absolute atomic E-state index is 13.5. The van der Waals surface area contributed by atoms with Gasteiger partial charge < -0.3 is 9.84 Å². The Bertz CT molecular complexity index is 936. The summed E-state index contributed by atoms with van der Waals surface area (Å²) in [5.74, 6) is 2.42. The van der Waals surface area contributed by atoms with Gasteiger partial charge >= 0.3 is 5.97 Å². The van der Waals surface area contributed by atoms with Crippen molar-refractivity contribution >= 4 is 5.97 Å². The smallest absolute Gasteiger partial charge is 0.317 e. The lowest BCUT2D eigenvalue weighted by Gasteiger charge is -2.57. The molecule has 4 saturated carbocycles. The van der Waals surface area contributed by atoms with Crippen LogP contribution >= 0.6 is 0 Å². The van der Waals surface area contributed by atoms with Crippen molar-refractivity contribution < 1.29 is 19.0 Å². The first-order valence-corrected chi connectivity index (χ1v) is 12.3. The van der Waals surface area contributed by atoms with E-state index in [9.17, 15) is 9.18 Å². The summed E-state index contributed by atoms with van der Waals surface area (Å²) >= 11 is 0. The van der Waals surface area contributed by atoms with Crippen LogP contribution in [0.5, 0.6) is 5.75 Å². The summed E-state index contributed by atoms with van der Waals surface area (Å²) in [7, 11) is 1.79. The van der Waals surface area contributed by atoms with Crippen molar-refractivity contribution in [3.8, 4) is 5.75 Å². The van der Waals surface area contributed by atoms with Crippen LogP contribution in [0, 0.1) is 23.6 Å². The van der Waals surface area contributed by atoms with Crippen LogP contribution in [0.1, 0.15) is 62.2 Å². The van der Waals surface area contributed by atoms with Gasteiger partial charge in [0.1, 0.15) is 17.7 Å². The molecule has 4 aliphatic carbocycles. The van der Waals surface area contributed by atoms with E-state index in [-0.39, 0.29) is 18.5 Å². The molecule has 2 aromatic carbocycles. The molecule has 6 rings (SSSR count). The second-order valence-corrected chi connectivity index (χ2v) is 10.8. The molecule has 0 saturated heterocycles. The van der Waals surface area contributed by atoms with E-state index in [4.69, 9.17) is 9.84 Å². The molecule has 0 radical (unpaired) electrons. The van der Waals surface area contributed by atoms with Gasteiger partial charge in [0.15, 0.2) is 0 Å². The van der Waals surface area contributed by atoms with Crippen molar-refractivity contribution in [2.75, 3.05) is 20.1 Å². The van der Waals surface area contributed by atoms with Crippen LogP contribution in [0.15, 0.2) is 48.5 Å². The Hall–Kier alpha value is -2.40. The van der Waals surface area contributed by atoms with E-state index in [1.807, 2.05) is 0 Å². The molecule has 0 unspecified atom stereocenters. The number of ether oxygens (including phenoxy) is 1. The molecular formula is C28H34FNO3. The summed E-state index contributed by atoms with van der Waals surface area (Å²) in [4.78, 5) is 12.8. The van der Waals surface area contributed by atoms with E-state index in [0.29, 0.717) is 18.4 Å². The predicted octanol–water partition coefficient (Wildman–Crippen LogP) is 5.82. The minimum absolute atomic E-state index is 0.0180. The number of carbonyl (C=O) groups is 1. The molecule has 4 aliphatic rings. The average molecular weight is 452 g/mol. The lowest BCUT2D eigenvalue weighted by Crippen LogP contribution is -2.48. The molecule has 4 fully saturated rings. The van der Waals surface area contributed by atoms with Crippen molar-refractivity contribution in [2.45, 2.75) is 56.5 Å². The lowest BCUT2D eigenvalue weighted by atomic mass is 9.48. The highest BCUT2D eigenvalue weighted by Crippen LogP contribution is 2.60. The van der Waals surface area contributed by atoms with Crippen molar-refractivity contribution in [3.05, 3.63) is 65.5 Å². The molecule has 1 atom stereocenters. The van der Waals surface area contributed by atoms with Gasteiger partial charge in [-0.25, -0.2) is 4.39 Å². The van der Waals surface area contributed by atoms with Gasteiger partial charge in [0.25, 0.3) is 0 Å². The second-order valence-electron chi connectivity index (χ2n) is 10.8. The van der Waals surface area contributed by atoms with Crippen LogP contribution in [0.25, 0.3) is 0 Å². The van der Waals surface area contributed by atoms with Gasteiger partial charge in [-0.1, -0.05) is 24.3 Å². The van der Waals surface area contributed by atoms with E-state index in [2.05, 4.69) is 24.3 Å². The highest BCUT2D eigenvalue weighted by atomic mass is 19.1. The SMILES string of the molecule is CN(CC[C@@H](Oc1ccc(C23CC4CC(CC(C4)C2)C3)cc1)c1ccc(F)cc1)CC(=O)O. The summed E-state index contributed by atoms with van der Waals surface area (Å²) in [5.41, 5.74) is 2.72. The molecule has 0 aliphatic heterocycles. The molecule has 2 aromatic rings. The zero-order valence-corrected chi connectivity index (χ0v) is 19.4. The molecular weight excluding hydrogens is 417 g/mol. The number of hydrogen-bond acceptors (Lipinski definition) is 3. The van der Waals surface area contributed by atoms with Crippen LogP contribution in [-0.2, 0) is 10.2 Å². The molecule has 176 valence electrons. The first-order chi connectivity index (χ1) is 15.9. The topological polar surface area (TPSA) is 49.8 Å². The van der Waals surface area contributed by atoms with E-state index >= 15 is 0 Å². The Balaban J connectivity index is 1.30. The number of halogens is 1. The Labute approximate surface area is 195 Å². The standard InChI is InChI=1S/C28H34FNO3/c1-30(18-27(31)32)11-10-26(22-2-6-24(29)7-3-22)33-25-8-4-23(5-9-25)28-15-19-12-20(16-28)14-21(13-19)17-28/h2-9,19-21,26H,10-18H2,1H3,(H,31,32)/t19?,20?,21?,26-,28?/m1/s1. The van der Waals surface area contributed by atoms with Crippen molar-refractivity contribution in [3.63, 3.8) is 0 Å². The first-order valence-electron chi connectivity index (χ1n) is 12.3. The second kappa shape index (κ2) is 9.09. The van der Waals surface area contributed by atoms with Crippen LogP contribution in [0.3, 0.4) is 0 Å². The van der Waals surface area contributed by atoms with E-state index in [1.165, 1.54) is 56.2 Å². The van der Waals surface area contributed by atoms with Crippen LogP contribution in [0.2, 0.25) is 0 Å². The van der Waals surface area contributed by atoms with Gasteiger partial charge in [-0.2, -0.15) is 0 Å². The van der Waals surface area contributed by atoms with E-state index < -0.39 is 5.97 Å². The molecule has 4 bridgehead atoms. The monoisotopic (exact) mass is 451 g/mol. The largest absolute Gasteiger partial charge is 0.486 e. The van der Waals surface area contributed by atoms with Crippen LogP contribution in [-0.4, -0.2) is 36.1 Å². The van der Waals surface area contributed by atoms with Crippen LogP contribution in [0.4, 0.5) is 4.39 Å². The fraction of sp³-hybridized carbons (Fsp3) is 0.536. The first kappa shape index (κ1) is 22.4. The summed E-state index contributed by atoms with van der Waals surface area (Å²) in [6.07, 6.45) is 8.69. The minimum Gasteiger partial charge on any atom is -0.486 e. The van der Waals surface area contributed by atoms with E-state index in [1.54, 1.807) is 24.1 Å². The highest BCUT2D eigenvalue weighted by molar-refractivity contribution is 5.69. The quantitative estimate of drug-likeness (QED) is 0.522. The molecule has 5 heteroatoms. The van der Waals surface area contributed by atoms with Gasteiger partial charge in [-0.05, 0) is 104 Å². The fourth-order valence-electron chi connectivity index (χ4n) is 7.13. The fourth-order valence-corrected chi connectivity index (χ4v) is 7.13. The maximum Gasteiger partial charge on any atom is 0.317 e. The zero-order valence-electron chi connectivity index (χ0n) is 19.4. The van der Waals surface area contributed by atoms with Gasteiger partial charge in [0, 0.05) is 13.0 Å². The summed E-state index contributed by atoms with van der Waals surface area (Å²) < 4.78 is 19.8. The molecule has 0 spiro atoms. The Morgan fingerprint density at radius 1 is 1.03 bits per heavy atom. The van der Waals surface area contributed by atoms with Crippen molar-refractivity contribution in [2.24, 2.45) is 17.8 Å². The zero-order chi connectivity index (χ0) is 23.0. The number of carboxylic acids is 1. The average Bonchev–Trinajstić information content (AvgIpc) is 2.76. The molecule has 4 nitrogen and oxygen atoms in total. The minimum atomic E-state index is -0.850. The number of rotatable bonds is 9. The van der Waals surface area contributed by atoms with Gasteiger partial charge in [-0.3, -0.25) is 9.69 Å². The Kier molecular flexibility index (Phi) is 6.17. The van der Waals surface area contributed by atoms with Gasteiger partial charge in [0.05, 0.1) is 6.54 Å². The number of benzene rings is 2. The molecule has 1 N–H and O–H groups in total. The third-order valence-corrected chi connectivity index (χ3v) is 8.20. The number of aliphatic carboxylic acids is 1. The number of nitrogens with zero attached hydrogens (tertiary/aromatic N) is 1. The molecule has 0 heterocycles. The highest BCUT2D eigenvalue weighted by Gasteiger charge is 2.51. The predicted molar refractivity (Wildman–Crippen MR) is 126 cm³/mol. The van der Waals surface area contributed by atoms with Gasteiger partial charge in [0.2, 0.25) is 0 Å². The Morgan fingerprint density at radius 2 is 1.61 bits per heavy atom. The van der Waals surface area contributed by atoms with Crippen LogP contribution < -0.4 is 4.74 Å². The summed E-state index contributed by atoms with van der Waals surface area (Å²) in [5, 5.41) is 9.03. The van der Waals surface area contributed by atoms with Crippen molar-refractivity contribution in [1.82, 2.24) is 4.90 Å². The molecule has 0 amide bonds. The maximum atomic E-state index is 13.5. The Morgan fingerprint density at radius 3 is 2.15 bits per heavy atom. The van der Waals surface area contributed by atoms with E-state index in [0.717, 1.165) is 29.1 Å². The summed E-state index contributed by atoms with van der Waals surface area (Å²) in [6.45, 7) is 0.551.